The average Bonchev–Trinajstić information content (AvgIpc) is 2.90. The van der Waals surface area contributed by atoms with Crippen LogP contribution in [0.1, 0.15) is 34.7 Å². The van der Waals surface area contributed by atoms with Gasteiger partial charge in [0.05, 0.1) is 5.69 Å². The Labute approximate surface area is 118 Å². The molecule has 20 heavy (non-hydrogen) atoms. The van der Waals surface area contributed by atoms with Crippen LogP contribution in [0.4, 0.5) is 0 Å². The first-order valence-corrected chi connectivity index (χ1v) is 7.21. The number of hydrogen-bond donors (Lipinski definition) is 1. The van der Waals surface area contributed by atoms with Crippen LogP contribution in [0.15, 0.2) is 36.5 Å². The molecule has 1 aliphatic rings. The number of aromatic nitrogens is 2. The Morgan fingerprint density at radius 1 is 1.25 bits per heavy atom. The molecule has 1 aromatic carbocycles. The Hall–Kier alpha value is -2.10. The van der Waals surface area contributed by atoms with Gasteiger partial charge < -0.3 is 9.88 Å². The SMILES string of the molecule is O=C(NCCc1cn2c(n1)CCCC2)c1ccccc1. The molecular formula is C16H19N3O. The predicted octanol–water partition coefficient (Wildman–Crippen LogP) is 2.19. The first-order valence-electron chi connectivity index (χ1n) is 7.21. The van der Waals surface area contributed by atoms with Crippen molar-refractivity contribution in [3.8, 4) is 0 Å². The molecule has 0 atom stereocenters. The average molecular weight is 269 g/mol. The number of imidazole rings is 1. The number of amides is 1. The van der Waals surface area contributed by atoms with Gasteiger partial charge in [0, 0.05) is 37.7 Å². The van der Waals surface area contributed by atoms with Crippen molar-refractivity contribution in [3.05, 3.63) is 53.6 Å². The van der Waals surface area contributed by atoms with E-state index in [0.717, 1.165) is 25.1 Å². The number of aryl methyl sites for hydroxylation is 2. The molecule has 0 spiro atoms. The summed E-state index contributed by atoms with van der Waals surface area (Å²) in [5, 5.41) is 2.94. The molecule has 1 aliphatic heterocycles. The maximum absolute atomic E-state index is 11.9. The first-order chi connectivity index (χ1) is 9.83. The van der Waals surface area contributed by atoms with E-state index in [-0.39, 0.29) is 5.91 Å². The fourth-order valence-electron chi connectivity index (χ4n) is 2.59. The Kier molecular flexibility index (Phi) is 3.81. The molecule has 0 fully saturated rings. The summed E-state index contributed by atoms with van der Waals surface area (Å²) in [5.41, 5.74) is 1.78. The van der Waals surface area contributed by atoms with Crippen molar-refractivity contribution in [2.24, 2.45) is 0 Å². The van der Waals surface area contributed by atoms with Crippen molar-refractivity contribution < 1.29 is 4.79 Å². The lowest BCUT2D eigenvalue weighted by molar-refractivity contribution is 0.0954. The van der Waals surface area contributed by atoms with Crippen LogP contribution < -0.4 is 5.32 Å². The van der Waals surface area contributed by atoms with Crippen molar-refractivity contribution in [2.45, 2.75) is 32.2 Å². The van der Waals surface area contributed by atoms with Gasteiger partial charge in [-0.15, -0.1) is 0 Å². The zero-order valence-corrected chi connectivity index (χ0v) is 11.5. The van der Waals surface area contributed by atoms with E-state index < -0.39 is 0 Å². The van der Waals surface area contributed by atoms with E-state index >= 15 is 0 Å². The standard InChI is InChI=1S/C16H19N3O/c20-16(13-6-2-1-3-7-13)17-10-9-14-12-19-11-5-4-8-15(19)18-14/h1-3,6-7,12H,4-5,8-11H2,(H,17,20). The van der Waals surface area contributed by atoms with E-state index in [1.54, 1.807) is 0 Å². The second kappa shape index (κ2) is 5.90. The summed E-state index contributed by atoms with van der Waals surface area (Å²) in [6.45, 7) is 1.71. The van der Waals surface area contributed by atoms with Gasteiger partial charge in [0.25, 0.3) is 5.91 Å². The molecular weight excluding hydrogens is 250 g/mol. The van der Waals surface area contributed by atoms with E-state index in [0.29, 0.717) is 12.1 Å². The number of nitrogens with zero attached hydrogens (tertiary/aromatic N) is 2. The molecule has 2 heterocycles. The summed E-state index contributed by atoms with van der Waals surface area (Å²) >= 11 is 0. The summed E-state index contributed by atoms with van der Waals surface area (Å²) in [4.78, 5) is 16.5. The predicted molar refractivity (Wildman–Crippen MR) is 77.6 cm³/mol. The topological polar surface area (TPSA) is 46.9 Å². The maximum atomic E-state index is 11.9. The molecule has 1 N–H and O–H groups in total. The molecule has 0 saturated carbocycles. The highest BCUT2D eigenvalue weighted by Gasteiger charge is 2.12. The third-order valence-electron chi connectivity index (χ3n) is 3.66. The molecule has 104 valence electrons. The van der Waals surface area contributed by atoms with Crippen LogP contribution in [0.2, 0.25) is 0 Å². The second-order valence-corrected chi connectivity index (χ2v) is 5.17. The van der Waals surface area contributed by atoms with E-state index in [4.69, 9.17) is 0 Å². The highest BCUT2D eigenvalue weighted by atomic mass is 16.1. The van der Waals surface area contributed by atoms with Gasteiger partial charge in [0.1, 0.15) is 5.82 Å². The van der Waals surface area contributed by atoms with Gasteiger partial charge in [-0.3, -0.25) is 4.79 Å². The molecule has 0 radical (unpaired) electrons. The van der Waals surface area contributed by atoms with E-state index in [2.05, 4.69) is 21.1 Å². The minimum Gasteiger partial charge on any atom is -0.352 e. The monoisotopic (exact) mass is 269 g/mol. The van der Waals surface area contributed by atoms with Crippen molar-refractivity contribution >= 4 is 5.91 Å². The number of fused-ring (bicyclic) bond motifs is 1. The van der Waals surface area contributed by atoms with Crippen LogP contribution >= 0.6 is 0 Å². The minimum atomic E-state index is -0.0189. The van der Waals surface area contributed by atoms with E-state index in [9.17, 15) is 4.79 Å². The Bertz CT molecular complexity index is 566. The van der Waals surface area contributed by atoms with Gasteiger partial charge in [-0.05, 0) is 25.0 Å². The highest BCUT2D eigenvalue weighted by molar-refractivity contribution is 5.94. The molecule has 3 rings (SSSR count). The zero-order valence-electron chi connectivity index (χ0n) is 11.5. The smallest absolute Gasteiger partial charge is 0.251 e. The van der Waals surface area contributed by atoms with Crippen LogP contribution in [0.3, 0.4) is 0 Å². The van der Waals surface area contributed by atoms with Crippen LogP contribution in [-0.2, 0) is 19.4 Å². The molecule has 4 heteroatoms. The molecule has 0 saturated heterocycles. The Morgan fingerprint density at radius 3 is 2.90 bits per heavy atom. The summed E-state index contributed by atoms with van der Waals surface area (Å²) in [7, 11) is 0. The van der Waals surface area contributed by atoms with Crippen molar-refractivity contribution in [2.75, 3.05) is 6.54 Å². The second-order valence-electron chi connectivity index (χ2n) is 5.17. The lowest BCUT2D eigenvalue weighted by Crippen LogP contribution is -2.25. The van der Waals surface area contributed by atoms with Gasteiger partial charge in [0.15, 0.2) is 0 Å². The largest absolute Gasteiger partial charge is 0.352 e. The number of carbonyl (C=O) groups excluding carboxylic acids is 1. The first kappa shape index (κ1) is 12.9. The number of carbonyl (C=O) groups is 1. The van der Waals surface area contributed by atoms with Crippen LogP contribution in [0, 0.1) is 0 Å². The van der Waals surface area contributed by atoms with Crippen LogP contribution in [0.5, 0.6) is 0 Å². The van der Waals surface area contributed by atoms with Crippen LogP contribution in [0.25, 0.3) is 0 Å². The van der Waals surface area contributed by atoms with Gasteiger partial charge in [-0.1, -0.05) is 18.2 Å². The highest BCUT2D eigenvalue weighted by Crippen LogP contribution is 2.14. The molecule has 0 bridgehead atoms. The molecule has 1 amide bonds. The Balaban J connectivity index is 1.53. The maximum Gasteiger partial charge on any atom is 0.251 e. The summed E-state index contributed by atoms with van der Waals surface area (Å²) < 4.78 is 2.25. The van der Waals surface area contributed by atoms with E-state index in [1.165, 1.54) is 18.7 Å². The van der Waals surface area contributed by atoms with Crippen molar-refractivity contribution in [1.82, 2.24) is 14.9 Å². The third kappa shape index (κ3) is 2.90. The fourth-order valence-corrected chi connectivity index (χ4v) is 2.59. The molecule has 0 unspecified atom stereocenters. The third-order valence-corrected chi connectivity index (χ3v) is 3.66. The van der Waals surface area contributed by atoms with Gasteiger partial charge in [0.2, 0.25) is 0 Å². The molecule has 1 aromatic heterocycles. The number of benzene rings is 1. The minimum absolute atomic E-state index is 0.0189. The summed E-state index contributed by atoms with van der Waals surface area (Å²) in [6.07, 6.45) is 6.48. The summed E-state index contributed by atoms with van der Waals surface area (Å²) in [5.74, 6) is 1.18. The fraction of sp³-hybridized carbons (Fsp3) is 0.375. The lowest BCUT2D eigenvalue weighted by atomic mass is 10.2. The molecule has 4 nitrogen and oxygen atoms in total. The van der Waals surface area contributed by atoms with Crippen LogP contribution in [-0.4, -0.2) is 22.0 Å². The molecule has 0 aliphatic carbocycles. The van der Waals surface area contributed by atoms with Gasteiger partial charge >= 0.3 is 0 Å². The number of rotatable bonds is 4. The summed E-state index contributed by atoms with van der Waals surface area (Å²) in [6, 6.07) is 9.30. The van der Waals surface area contributed by atoms with Crippen molar-refractivity contribution in [3.63, 3.8) is 0 Å². The van der Waals surface area contributed by atoms with Crippen molar-refractivity contribution in [1.29, 1.82) is 0 Å². The quantitative estimate of drug-likeness (QED) is 0.925. The van der Waals surface area contributed by atoms with Gasteiger partial charge in [-0.2, -0.15) is 0 Å². The normalized spacial score (nSPS) is 13.8. The lowest BCUT2D eigenvalue weighted by Gasteiger charge is -2.11. The van der Waals surface area contributed by atoms with E-state index in [1.807, 2.05) is 30.3 Å². The number of nitrogens with one attached hydrogen (secondary N) is 1. The number of hydrogen-bond acceptors (Lipinski definition) is 2. The van der Waals surface area contributed by atoms with Gasteiger partial charge in [-0.25, -0.2) is 4.98 Å². The Morgan fingerprint density at radius 2 is 2.10 bits per heavy atom. The molecule has 2 aromatic rings. The zero-order chi connectivity index (χ0) is 13.8.